The first-order chi connectivity index (χ1) is 15.9. The van der Waals surface area contributed by atoms with E-state index in [0.29, 0.717) is 32.1 Å². The summed E-state index contributed by atoms with van der Waals surface area (Å²) in [5, 5.41) is 39.0. The van der Waals surface area contributed by atoms with Crippen molar-refractivity contribution in [2.75, 3.05) is 0 Å². The van der Waals surface area contributed by atoms with Crippen LogP contribution in [0.4, 0.5) is 0 Å². The third kappa shape index (κ3) is 3.94. The fraction of sp³-hybridized carbons (Fsp3) is 0.840. The molecule has 0 aliphatic heterocycles. The first kappa shape index (κ1) is 25.4. The number of aliphatic hydroxyl groups is 4. The summed E-state index contributed by atoms with van der Waals surface area (Å²) in [5.74, 6) is -0.210. The van der Waals surface area contributed by atoms with Gasteiger partial charge in [-0.3, -0.25) is 9.59 Å². The van der Waals surface area contributed by atoms with Crippen molar-refractivity contribution < 1.29 is 44.3 Å². The molecule has 4 saturated carbocycles. The Morgan fingerprint density at radius 1 is 1.06 bits per heavy atom. The van der Waals surface area contributed by atoms with Crippen molar-refractivity contribution in [3.05, 3.63) is 0 Å². The van der Waals surface area contributed by atoms with E-state index in [4.69, 9.17) is 4.74 Å². The lowest BCUT2D eigenvalue weighted by molar-refractivity contribution is -0.183. The molecule has 4 rings (SSSR count). The highest BCUT2D eigenvalue weighted by atomic mass is 16.6. The van der Waals surface area contributed by atoms with E-state index in [1.807, 2.05) is 6.92 Å². The van der Waals surface area contributed by atoms with Crippen LogP contribution < -0.4 is 0 Å². The Balaban J connectivity index is 1.42. The van der Waals surface area contributed by atoms with Crippen LogP contribution in [0.25, 0.3) is 0 Å². The van der Waals surface area contributed by atoms with Crippen LogP contribution in [0.1, 0.15) is 65.2 Å². The van der Waals surface area contributed by atoms with Gasteiger partial charge in [-0.15, -0.1) is 0 Å². The van der Waals surface area contributed by atoms with Gasteiger partial charge in [-0.25, -0.2) is 4.79 Å². The van der Waals surface area contributed by atoms with Crippen molar-refractivity contribution in [1.82, 2.24) is 0 Å². The number of aliphatic hydroxyl groups excluding tert-OH is 4. The van der Waals surface area contributed by atoms with Crippen molar-refractivity contribution in [3.8, 4) is 0 Å². The lowest BCUT2D eigenvalue weighted by atomic mass is 9.45. The number of hydrogen-bond acceptors (Lipinski definition) is 9. The monoisotopic (exact) mass is 480 g/mol. The Kier molecular flexibility index (Phi) is 6.78. The summed E-state index contributed by atoms with van der Waals surface area (Å²) in [5.41, 5.74) is -0.759. The van der Waals surface area contributed by atoms with E-state index in [-0.39, 0.29) is 46.9 Å². The van der Waals surface area contributed by atoms with Crippen LogP contribution in [0.5, 0.6) is 0 Å². The van der Waals surface area contributed by atoms with E-state index < -0.39 is 41.9 Å². The standard InChI is InChI=1S/C25H36O9/c1-24-8-7-13(34-23(33)22(32)21(31)20(30)17(28)11-26)9-12(24)3-4-14-15-5-6-18(29)25(15,2)10-16(27)19(14)24/h11-15,17,19-22,28,30-32H,3-10H2,1-2H3/t12-,13+,14-,15-,17-,19+,20+,21-,22-,24-,25-/m0/s1. The third-order valence-corrected chi connectivity index (χ3v) is 9.70. The second-order valence-corrected chi connectivity index (χ2v) is 11.4. The van der Waals surface area contributed by atoms with Gasteiger partial charge in [0.2, 0.25) is 0 Å². The number of ether oxygens (including phenoxy) is 1. The molecule has 0 saturated heterocycles. The molecule has 0 aromatic rings. The normalized spacial score (nSPS) is 43.1. The fourth-order valence-corrected chi connectivity index (χ4v) is 7.76. The van der Waals surface area contributed by atoms with Gasteiger partial charge in [-0.05, 0) is 61.7 Å². The molecule has 0 spiro atoms. The summed E-state index contributed by atoms with van der Waals surface area (Å²) < 4.78 is 5.43. The number of carbonyl (C=O) groups is 4. The van der Waals surface area contributed by atoms with Gasteiger partial charge in [0.25, 0.3) is 0 Å². The van der Waals surface area contributed by atoms with Crippen LogP contribution in [0, 0.1) is 34.5 Å². The quantitative estimate of drug-likeness (QED) is 0.310. The Hall–Kier alpha value is -1.68. The molecule has 4 N–H and O–H groups in total. The minimum absolute atomic E-state index is 0.000855. The molecule has 0 unspecified atom stereocenters. The molecule has 4 aliphatic rings. The topological polar surface area (TPSA) is 158 Å². The Labute approximate surface area is 198 Å². The van der Waals surface area contributed by atoms with Crippen LogP contribution >= 0.6 is 0 Å². The highest BCUT2D eigenvalue weighted by Crippen LogP contribution is 2.64. The zero-order valence-corrected chi connectivity index (χ0v) is 19.8. The number of ketones is 2. The third-order valence-electron chi connectivity index (χ3n) is 9.70. The van der Waals surface area contributed by atoms with Crippen molar-refractivity contribution in [3.63, 3.8) is 0 Å². The van der Waals surface area contributed by atoms with Gasteiger partial charge < -0.3 is 30.0 Å². The maximum Gasteiger partial charge on any atom is 0.338 e. The van der Waals surface area contributed by atoms with Gasteiger partial charge in [0.15, 0.2) is 12.4 Å². The van der Waals surface area contributed by atoms with Crippen LogP contribution in [0.15, 0.2) is 0 Å². The van der Waals surface area contributed by atoms with Gasteiger partial charge in [0, 0.05) is 24.2 Å². The average Bonchev–Trinajstić information content (AvgIpc) is 3.10. The molecular formula is C25H36O9. The summed E-state index contributed by atoms with van der Waals surface area (Å²) in [4.78, 5) is 48.9. The van der Waals surface area contributed by atoms with Crippen molar-refractivity contribution >= 4 is 23.8 Å². The molecule has 0 heterocycles. The molecule has 4 fully saturated rings. The number of esters is 1. The van der Waals surface area contributed by atoms with Crippen molar-refractivity contribution in [2.45, 2.75) is 95.7 Å². The maximum atomic E-state index is 13.4. The molecule has 0 bridgehead atoms. The minimum atomic E-state index is -2.11. The highest BCUT2D eigenvalue weighted by molar-refractivity contribution is 5.95. The Morgan fingerprint density at radius 2 is 1.76 bits per heavy atom. The van der Waals surface area contributed by atoms with Gasteiger partial charge in [-0.1, -0.05) is 13.8 Å². The number of aldehydes is 1. The van der Waals surface area contributed by atoms with Crippen LogP contribution in [-0.4, -0.2) is 74.8 Å². The van der Waals surface area contributed by atoms with E-state index in [0.717, 1.165) is 19.3 Å². The van der Waals surface area contributed by atoms with Gasteiger partial charge in [-0.2, -0.15) is 0 Å². The SMILES string of the molecule is C[C@]12CC[C@@H](OC(=O)[C@@H](O)[C@@H](O)[C@H](O)[C@@H](O)C=O)C[C@@H]1CC[C@@H]1[C@@H]2C(=O)C[C@]2(C)C(=O)CC[C@@H]12. The number of Topliss-reactive ketones (excluding diaryl/α,β-unsaturated/α-hetero) is 2. The summed E-state index contributed by atoms with van der Waals surface area (Å²) in [6.45, 7) is 4.12. The smallest absolute Gasteiger partial charge is 0.338 e. The number of rotatable bonds is 6. The fourth-order valence-electron chi connectivity index (χ4n) is 7.76. The maximum absolute atomic E-state index is 13.4. The highest BCUT2D eigenvalue weighted by Gasteiger charge is 2.63. The number of carbonyl (C=O) groups excluding carboxylic acids is 4. The van der Waals surface area contributed by atoms with E-state index in [2.05, 4.69) is 6.92 Å². The predicted octanol–water partition coefficient (Wildman–Crippen LogP) is 0.331. The molecule has 0 aromatic heterocycles. The molecule has 9 heteroatoms. The molecule has 0 amide bonds. The molecular weight excluding hydrogens is 444 g/mol. The van der Waals surface area contributed by atoms with E-state index in [1.165, 1.54) is 0 Å². The van der Waals surface area contributed by atoms with E-state index in [1.54, 1.807) is 0 Å². The zero-order chi connectivity index (χ0) is 25.0. The van der Waals surface area contributed by atoms with E-state index in [9.17, 15) is 39.6 Å². The zero-order valence-electron chi connectivity index (χ0n) is 19.8. The first-order valence-electron chi connectivity index (χ1n) is 12.4. The Bertz CT molecular complexity index is 857. The summed E-state index contributed by atoms with van der Waals surface area (Å²) in [6.07, 6.45) is -3.47. The summed E-state index contributed by atoms with van der Waals surface area (Å²) in [6, 6.07) is 0. The van der Waals surface area contributed by atoms with Crippen molar-refractivity contribution in [1.29, 1.82) is 0 Å². The Morgan fingerprint density at radius 3 is 2.44 bits per heavy atom. The first-order valence-corrected chi connectivity index (χ1v) is 12.4. The van der Waals surface area contributed by atoms with E-state index >= 15 is 0 Å². The predicted molar refractivity (Wildman–Crippen MR) is 117 cm³/mol. The molecule has 0 aromatic carbocycles. The van der Waals surface area contributed by atoms with Crippen LogP contribution in [-0.2, 0) is 23.9 Å². The molecule has 34 heavy (non-hydrogen) atoms. The van der Waals surface area contributed by atoms with Gasteiger partial charge >= 0.3 is 5.97 Å². The van der Waals surface area contributed by atoms with Crippen molar-refractivity contribution in [2.24, 2.45) is 34.5 Å². The molecule has 9 nitrogen and oxygen atoms in total. The summed E-state index contributed by atoms with van der Waals surface area (Å²) >= 11 is 0. The second kappa shape index (κ2) is 9.08. The minimum Gasteiger partial charge on any atom is -0.460 e. The van der Waals surface area contributed by atoms with Gasteiger partial charge in [0.05, 0.1) is 0 Å². The van der Waals surface area contributed by atoms with Crippen LogP contribution in [0.3, 0.4) is 0 Å². The molecule has 4 aliphatic carbocycles. The molecule has 0 radical (unpaired) electrons. The van der Waals surface area contributed by atoms with Crippen LogP contribution in [0.2, 0.25) is 0 Å². The number of fused-ring (bicyclic) bond motifs is 5. The second-order valence-electron chi connectivity index (χ2n) is 11.4. The largest absolute Gasteiger partial charge is 0.460 e. The lowest BCUT2D eigenvalue weighted by Crippen LogP contribution is -2.58. The number of hydrogen-bond donors (Lipinski definition) is 4. The average molecular weight is 481 g/mol. The lowest BCUT2D eigenvalue weighted by Gasteiger charge is -2.59. The molecule has 11 atom stereocenters. The molecule has 190 valence electrons. The van der Waals surface area contributed by atoms with Gasteiger partial charge in [0.1, 0.15) is 36.0 Å². The summed E-state index contributed by atoms with van der Waals surface area (Å²) in [7, 11) is 0.